The first-order chi connectivity index (χ1) is 15.4. The Morgan fingerprint density at radius 3 is 2.62 bits per heavy atom. The number of sulfonamides is 1. The Morgan fingerprint density at radius 2 is 1.88 bits per heavy atom. The summed E-state index contributed by atoms with van der Waals surface area (Å²) in [5.41, 5.74) is 1.40. The van der Waals surface area contributed by atoms with Crippen LogP contribution >= 0.6 is 11.3 Å². The van der Waals surface area contributed by atoms with E-state index in [9.17, 15) is 18.0 Å². The van der Waals surface area contributed by atoms with E-state index in [-0.39, 0.29) is 11.5 Å². The number of carbonyl (C=O) groups excluding carboxylic acids is 2. The average Bonchev–Trinajstić information content (AvgIpc) is 3.17. The first-order valence-electron chi connectivity index (χ1n) is 11.1. The zero-order valence-electron chi connectivity index (χ0n) is 18.1. The van der Waals surface area contributed by atoms with Crippen LogP contribution in [0, 0.1) is 0 Å². The molecule has 2 aliphatic rings. The van der Waals surface area contributed by atoms with Crippen molar-refractivity contribution in [2.45, 2.75) is 62.8 Å². The highest BCUT2D eigenvalue weighted by Gasteiger charge is 2.38. The van der Waals surface area contributed by atoms with E-state index < -0.39 is 27.9 Å². The van der Waals surface area contributed by atoms with Gasteiger partial charge in [-0.15, -0.1) is 11.3 Å². The van der Waals surface area contributed by atoms with Crippen molar-refractivity contribution in [3.05, 3.63) is 46.3 Å². The Morgan fingerprint density at radius 1 is 1.12 bits per heavy atom. The standard InChI is InChI=1S/C23H28N2O5S2/c1-2-30-23(27)20-17-12-6-7-14-19(17)31-22(20)24-21(26)18-13-8-9-15-25(18)32(28,29)16-10-4-3-5-11-16/h3-5,10-11,18H,2,6-9,12-15H2,1H3,(H,24,26)/t18-/m1/s1. The highest BCUT2D eigenvalue weighted by Crippen LogP contribution is 2.39. The van der Waals surface area contributed by atoms with E-state index in [0.29, 0.717) is 30.0 Å². The molecule has 1 aliphatic carbocycles. The number of hydrogen-bond donors (Lipinski definition) is 1. The summed E-state index contributed by atoms with van der Waals surface area (Å²) in [6.45, 7) is 2.30. The molecule has 4 rings (SSSR count). The Balaban J connectivity index is 1.63. The Labute approximate surface area is 192 Å². The molecule has 2 aromatic rings. The molecule has 1 atom stereocenters. The van der Waals surface area contributed by atoms with Crippen molar-refractivity contribution in [3.63, 3.8) is 0 Å². The number of thiophene rings is 1. The van der Waals surface area contributed by atoms with E-state index in [2.05, 4.69) is 5.32 Å². The Hall–Kier alpha value is -2.23. The molecule has 0 unspecified atom stereocenters. The van der Waals surface area contributed by atoms with Gasteiger partial charge in [0, 0.05) is 11.4 Å². The number of rotatable bonds is 6. The molecule has 0 bridgehead atoms. The second-order valence-corrected chi connectivity index (χ2v) is 11.1. The Bertz CT molecular complexity index is 1100. The van der Waals surface area contributed by atoms with Gasteiger partial charge in [0.25, 0.3) is 0 Å². The van der Waals surface area contributed by atoms with Gasteiger partial charge in [-0.1, -0.05) is 24.6 Å². The number of anilines is 1. The summed E-state index contributed by atoms with van der Waals surface area (Å²) in [7, 11) is -3.80. The van der Waals surface area contributed by atoms with Gasteiger partial charge < -0.3 is 10.1 Å². The predicted octanol–water partition coefficient (Wildman–Crippen LogP) is 3.99. The number of fused-ring (bicyclic) bond motifs is 1. The highest BCUT2D eigenvalue weighted by molar-refractivity contribution is 7.89. The van der Waals surface area contributed by atoms with Gasteiger partial charge in [0.15, 0.2) is 0 Å². The van der Waals surface area contributed by atoms with Crippen LogP contribution in [-0.4, -0.2) is 43.8 Å². The van der Waals surface area contributed by atoms with Gasteiger partial charge in [-0.2, -0.15) is 4.31 Å². The van der Waals surface area contributed by atoms with Crippen LogP contribution in [-0.2, 0) is 32.4 Å². The maximum Gasteiger partial charge on any atom is 0.341 e. The lowest BCUT2D eigenvalue weighted by Gasteiger charge is -2.33. The maximum atomic E-state index is 13.3. The summed E-state index contributed by atoms with van der Waals surface area (Å²) in [5.74, 6) is -0.826. The lowest BCUT2D eigenvalue weighted by molar-refractivity contribution is -0.120. The van der Waals surface area contributed by atoms with Crippen molar-refractivity contribution in [1.29, 1.82) is 0 Å². The summed E-state index contributed by atoms with van der Waals surface area (Å²) in [4.78, 5) is 27.3. The van der Waals surface area contributed by atoms with Crippen molar-refractivity contribution in [3.8, 4) is 0 Å². The fraction of sp³-hybridized carbons (Fsp3) is 0.478. The number of benzene rings is 1. The van der Waals surface area contributed by atoms with Crippen LogP contribution in [0.4, 0.5) is 5.00 Å². The molecule has 9 heteroatoms. The molecule has 0 saturated carbocycles. The molecule has 1 amide bonds. The summed E-state index contributed by atoms with van der Waals surface area (Å²) in [6.07, 6.45) is 5.62. The summed E-state index contributed by atoms with van der Waals surface area (Å²) < 4.78 is 33.1. The second-order valence-electron chi connectivity index (χ2n) is 8.07. The molecule has 1 aromatic carbocycles. The van der Waals surface area contributed by atoms with Crippen molar-refractivity contribution < 1.29 is 22.7 Å². The quantitative estimate of drug-likeness (QED) is 0.637. The zero-order chi connectivity index (χ0) is 22.7. The smallest absolute Gasteiger partial charge is 0.341 e. The lowest BCUT2D eigenvalue weighted by atomic mass is 9.95. The molecule has 2 heterocycles. The van der Waals surface area contributed by atoms with Crippen molar-refractivity contribution in [2.24, 2.45) is 0 Å². The van der Waals surface area contributed by atoms with Crippen molar-refractivity contribution in [2.75, 3.05) is 18.5 Å². The first kappa shape index (κ1) is 22.9. The molecule has 1 saturated heterocycles. The van der Waals surface area contributed by atoms with Crippen LogP contribution in [0.1, 0.15) is 59.8 Å². The average molecular weight is 477 g/mol. The topological polar surface area (TPSA) is 92.8 Å². The minimum atomic E-state index is -3.80. The normalized spacial score (nSPS) is 19.2. The van der Waals surface area contributed by atoms with E-state index in [1.807, 2.05) is 0 Å². The first-order valence-corrected chi connectivity index (χ1v) is 13.4. The molecule has 1 aromatic heterocycles. The van der Waals surface area contributed by atoms with Crippen LogP contribution in [0.2, 0.25) is 0 Å². The maximum absolute atomic E-state index is 13.3. The third kappa shape index (κ3) is 4.46. The number of hydrogen-bond acceptors (Lipinski definition) is 6. The molecular weight excluding hydrogens is 448 g/mol. The van der Waals surface area contributed by atoms with Gasteiger partial charge in [0.2, 0.25) is 15.9 Å². The van der Waals surface area contributed by atoms with E-state index in [0.717, 1.165) is 42.5 Å². The third-order valence-corrected chi connectivity index (χ3v) is 9.12. The molecule has 32 heavy (non-hydrogen) atoms. The van der Waals surface area contributed by atoms with Crippen molar-refractivity contribution in [1.82, 2.24) is 4.31 Å². The van der Waals surface area contributed by atoms with Gasteiger partial charge in [-0.05, 0) is 63.1 Å². The minimum Gasteiger partial charge on any atom is -0.462 e. The molecule has 1 N–H and O–H groups in total. The van der Waals surface area contributed by atoms with Crippen LogP contribution in [0.25, 0.3) is 0 Å². The molecule has 1 fully saturated rings. The fourth-order valence-electron chi connectivity index (χ4n) is 4.45. The van der Waals surface area contributed by atoms with Crippen LogP contribution in [0.15, 0.2) is 35.2 Å². The van der Waals surface area contributed by atoms with Gasteiger partial charge in [0.05, 0.1) is 17.1 Å². The SMILES string of the molecule is CCOC(=O)c1c(NC(=O)[C@H]2CCCCN2S(=O)(=O)c2ccccc2)sc2c1CCCC2. The summed E-state index contributed by atoms with van der Waals surface area (Å²) in [6, 6.07) is 7.38. The number of piperidine rings is 1. The molecule has 0 radical (unpaired) electrons. The molecule has 172 valence electrons. The van der Waals surface area contributed by atoms with Crippen molar-refractivity contribution >= 4 is 38.2 Å². The van der Waals surface area contributed by atoms with Gasteiger partial charge in [-0.25, -0.2) is 13.2 Å². The second kappa shape index (κ2) is 9.72. The molecule has 1 aliphatic heterocycles. The van der Waals surface area contributed by atoms with Gasteiger partial charge in [-0.3, -0.25) is 4.79 Å². The van der Waals surface area contributed by atoms with Crippen LogP contribution in [0.5, 0.6) is 0 Å². The largest absolute Gasteiger partial charge is 0.462 e. The van der Waals surface area contributed by atoms with Gasteiger partial charge >= 0.3 is 5.97 Å². The number of amides is 1. The Kier molecular flexibility index (Phi) is 6.97. The number of aryl methyl sites for hydroxylation is 1. The highest BCUT2D eigenvalue weighted by atomic mass is 32.2. The molecule has 0 spiro atoms. The van der Waals surface area contributed by atoms with Gasteiger partial charge in [0.1, 0.15) is 11.0 Å². The predicted molar refractivity (Wildman–Crippen MR) is 124 cm³/mol. The number of carbonyl (C=O) groups is 2. The fourth-order valence-corrected chi connectivity index (χ4v) is 7.41. The van der Waals surface area contributed by atoms with E-state index in [1.54, 1.807) is 37.3 Å². The van der Waals surface area contributed by atoms with E-state index >= 15 is 0 Å². The molecular formula is C23H28N2O5S2. The lowest BCUT2D eigenvalue weighted by Crippen LogP contribution is -2.49. The monoisotopic (exact) mass is 476 g/mol. The minimum absolute atomic E-state index is 0.179. The van der Waals surface area contributed by atoms with E-state index in [4.69, 9.17) is 4.74 Å². The third-order valence-electron chi connectivity index (χ3n) is 5.99. The number of esters is 1. The summed E-state index contributed by atoms with van der Waals surface area (Å²) >= 11 is 1.41. The summed E-state index contributed by atoms with van der Waals surface area (Å²) in [5, 5.41) is 3.38. The molecule has 7 nitrogen and oxygen atoms in total. The van der Waals surface area contributed by atoms with Crippen LogP contribution < -0.4 is 5.32 Å². The number of nitrogens with zero attached hydrogens (tertiary/aromatic N) is 1. The number of ether oxygens (including phenoxy) is 1. The van der Waals surface area contributed by atoms with Crippen LogP contribution in [0.3, 0.4) is 0 Å². The number of nitrogens with one attached hydrogen (secondary N) is 1. The zero-order valence-corrected chi connectivity index (χ0v) is 19.8. The van der Waals surface area contributed by atoms with E-state index in [1.165, 1.54) is 15.6 Å².